The standard InChI is InChI=1S/C29H20ClN5O5/c30-23-15-19(16-25(35(38)39)27(23)40-18-26(36)32-21-11-5-2-6-12-21)17-31-34-28(20-9-3-1-4-10-20)33-24-14-8-7-13-22(24)29(34)37/h1-17H,18H2,(H,32,36). The minimum absolute atomic E-state index is 0.101. The van der Waals surface area contributed by atoms with Gasteiger partial charge in [-0.1, -0.05) is 72.3 Å². The molecule has 0 fully saturated rings. The van der Waals surface area contributed by atoms with Crippen molar-refractivity contribution >= 4 is 46.0 Å². The first-order valence-corrected chi connectivity index (χ1v) is 12.4. The summed E-state index contributed by atoms with van der Waals surface area (Å²) in [6.07, 6.45) is 1.27. The van der Waals surface area contributed by atoms with Crippen molar-refractivity contribution in [1.82, 2.24) is 9.66 Å². The number of fused-ring (bicyclic) bond motifs is 1. The number of anilines is 1. The number of aromatic nitrogens is 2. The van der Waals surface area contributed by atoms with Crippen molar-refractivity contribution < 1.29 is 14.5 Å². The summed E-state index contributed by atoms with van der Waals surface area (Å²) in [6, 6.07) is 27.2. The van der Waals surface area contributed by atoms with Crippen LogP contribution in [0.5, 0.6) is 5.75 Å². The van der Waals surface area contributed by atoms with Gasteiger partial charge in [-0.2, -0.15) is 9.78 Å². The van der Waals surface area contributed by atoms with E-state index in [0.29, 0.717) is 28.0 Å². The molecule has 1 heterocycles. The van der Waals surface area contributed by atoms with Crippen LogP contribution in [0, 0.1) is 10.1 Å². The van der Waals surface area contributed by atoms with E-state index in [1.165, 1.54) is 18.3 Å². The number of nitro benzene ring substituents is 1. The van der Waals surface area contributed by atoms with Crippen LogP contribution >= 0.6 is 11.6 Å². The van der Waals surface area contributed by atoms with E-state index in [-0.39, 0.29) is 16.3 Å². The highest BCUT2D eigenvalue weighted by Crippen LogP contribution is 2.36. The summed E-state index contributed by atoms with van der Waals surface area (Å²) in [4.78, 5) is 41.4. The van der Waals surface area contributed by atoms with Gasteiger partial charge in [-0.05, 0) is 30.3 Å². The van der Waals surface area contributed by atoms with E-state index in [1.54, 1.807) is 66.7 Å². The van der Waals surface area contributed by atoms with Gasteiger partial charge < -0.3 is 10.1 Å². The van der Waals surface area contributed by atoms with Crippen LogP contribution in [0.15, 0.2) is 107 Å². The summed E-state index contributed by atoms with van der Waals surface area (Å²) in [5.74, 6) is -0.481. The second kappa shape index (κ2) is 11.6. The Bertz CT molecular complexity index is 1810. The molecule has 0 bridgehead atoms. The molecule has 40 heavy (non-hydrogen) atoms. The summed E-state index contributed by atoms with van der Waals surface area (Å²) in [5, 5.41) is 19.0. The lowest BCUT2D eigenvalue weighted by atomic mass is 10.2. The molecule has 1 N–H and O–H groups in total. The number of nitro groups is 1. The molecule has 0 atom stereocenters. The van der Waals surface area contributed by atoms with Crippen molar-refractivity contribution in [2.45, 2.75) is 0 Å². The summed E-state index contributed by atoms with van der Waals surface area (Å²) < 4.78 is 6.56. The van der Waals surface area contributed by atoms with E-state index in [9.17, 15) is 19.7 Å². The molecule has 5 rings (SSSR count). The molecule has 0 aliphatic carbocycles. The Kier molecular flexibility index (Phi) is 7.61. The van der Waals surface area contributed by atoms with E-state index < -0.39 is 28.7 Å². The van der Waals surface area contributed by atoms with Crippen molar-refractivity contribution in [2.24, 2.45) is 5.10 Å². The van der Waals surface area contributed by atoms with Gasteiger partial charge >= 0.3 is 5.69 Å². The van der Waals surface area contributed by atoms with E-state index in [4.69, 9.17) is 16.3 Å². The first-order chi connectivity index (χ1) is 19.4. The van der Waals surface area contributed by atoms with Crippen LogP contribution in [0.3, 0.4) is 0 Å². The Hall–Kier alpha value is -5.35. The summed E-state index contributed by atoms with van der Waals surface area (Å²) in [7, 11) is 0. The number of nitrogens with zero attached hydrogens (tertiary/aromatic N) is 4. The zero-order valence-electron chi connectivity index (χ0n) is 20.7. The lowest BCUT2D eigenvalue weighted by molar-refractivity contribution is -0.385. The maximum atomic E-state index is 13.3. The third-order valence-electron chi connectivity index (χ3n) is 5.76. The van der Waals surface area contributed by atoms with Crippen LogP contribution in [0.25, 0.3) is 22.3 Å². The quantitative estimate of drug-likeness (QED) is 0.153. The maximum absolute atomic E-state index is 13.3. The maximum Gasteiger partial charge on any atom is 0.313 e. The van der Waals surface area contributed by atoms with Gasteiger partial charge in [-0.3, -0.25) is 19.7 Å². The van der Waals surface area contributed by atoms with Gasteiger partial charge in [-0.25, -0.2) is 4.98 Å². The Morgan fingerprint density at radius 1 is 1.02 bits per heavy atom. The van der Waals surface area contributed by atoms with Gasteiger partial charge in [0.1, 0.15) is 0 Å². The Morgan fingerprint density at radius 2 is 1.70 bits per heavy atom. The van der Waals surface area contributed by atoms with Crippen molar-refractivity contribution in [3.63, 3.8) is 0 Å². The molecule has 198 valence electrons. The Morgan fingerprint density at radius 3 is 2.42 bits per heavy atom. The van der Waals surface area contributed by atoms with Crippen molar-refractivity contribution in [3.05, 3.63) is 128 Å². The smallest absolute Gasteiger partial charge is 0.313 e. The number of hydrogen-bond acceptors (Lipinski definition) is 7. The van der Waals surface area contributed by atoms with Gasteiger partial charge in [0.2, 0.25) is 5.75 Å². The molecule has 1 aromatic heterocycles. The predicted molar refractivity (Wildman–Crippen MR) is 153 cm³/mol. The molecule has 0 saturated carbocycles. The van der Waals surface area contributed by atoms with Crippen LogP contribution < -0.4 is 15.6 Å². The average molecular weight is 554 g/mol. The van der Waals surface area contributed by atoms with Gasteiger partial charge in [-0.15, -0.1) is 0 Å². The highest BCUT2D eigenvalue weighted by Gasteiger charge is 2.22. The summed E-state index contributed by atoms with van der Waals surface area (Å²) in [5.41, 5.74) is 1.08. The Balaban J connectivity index is 1.47. The fraction of sp³-hybridized carbons (Fsp3) is 0.0345. The van der Waals surface area contributed by atoms with E-state index in [0.717, 1.165) is 4.68 Å². The van der Waals surface area contributed by atoms with Crippen molar-refractivity contribution in [2.75, 3.05) is 11.9 Å². The number of carbonyl (C=O) groups excluding carboxylic acids is 1. The zero-order valence-corrected chi connectivity index (χ0v) is 21.5. The second-order valence-electron chi connectivity index (χ2n) is 8.49. The number of benzene rings is 4. The molecule has 0 radical (unpaired) electrons. The topological polar surface area (TPSA) is 129 Å². The third kappa shape index (κ3) is 5.71. The molecule has 5 aromatic rings. The third-order valence-corrected chi connectivity index (χ3v) is 6.04. The molecule has 0 spiro atoms. The lowest BCUT2D eigenvalue weighted by Gasteiger charge is -2.11. The SMILES string of the molecule is O=C(COc1c(Cl)cc(C=Nn2c(-c3ccccc3)nc3ccccc3c2=O)cc1[N+](=O)[O-])Nc1ccccc1. The zero-order chi connectivity index (χ0) is 28.1. The highest BCUT2D eigenvalue weighted by molar-refractivity contribution is 6.32. The molecule has 0 aliphatic rings. The monoisotopic (exact) mass is 553 g/mol. The molecule has 0 saturated heterocycles. The predicted octanol–water partition coefficient (Wildman–Crippen LogP) is 5.52. The number of ether oxygens (including phenoxy) is 1. The molecule has 4 aromatic carbocycles. The van der Waals surface area contributed by atoms with Gasteiger partial charge in [0.15, 0.2) is 12.4 Å². The molecule has 0 aliphatic heterocycles. The lowest BCUT2D eigenvalue weighted by Crippen LogP contribution is -2.20. The molecule has 0 unspecified atom stereocenters. The number of hydrogen-bond donors (Lipinski definition) is 1. The molecular formula is C29H20ClN5O5. The number of para-hydroxylation sites is 2. The first-order valence-electron chi connectivity index (χ1n) is 12.0. The van der Waals surface area contributed by atoms with Crippen LogP contribution in [0.4, 0.5) is 11.4 Å². The van der Waals surface area contributed by atoms with E-state index >= 15 is 0 Å². The fourth-order valence-electron chi connectivity index (χ4n) is 3.94. The minimum atomic E-state index is -0.674. The molecule has 1 amide bonds. The second-order valence-corrected chi connectivity index (χ2v) is 8.90. The fourth-order valence-corrected chi connectivity index (χ4v) is 4.22. The Labute approximate surface area is 232 Å². The summed E-state index contributed by atoms with van der Waals surface area (Å²) >= 11 is 6.34. The number of carbonyl (C=O) groups is 1. The molecule has 10 nitrogen and oxygen atoms in total. The normalized spacial score (nSPS) is 11.0. The van der Waals surface area contributed by atoms with Gasteiger partial charge in [0, 0.05) is 22.9 Å². The molecule has 11 heteroatoms. The minimum Gasteiger partial charge on any atom is -0.476 e. The van der Waals surface area contributed by atoms with E-state index in [2.05, 4.69) is 15.4 Å². The number of amides is 1. The van der Waals surface area contributed by atoms with Crippen LogP contribution in [0.1, 0.15) is 5.56 Å². The number of rotatable bonds is 8. The largest absolute Gasteiger partial charge is 0.476 e. The number of nitrogens with one attached hydrogen (secondary N) is 1. The van der Waals surface area contributed by atoms with Crippen molar-refractivity contribution in [3.8, 4) is 17.1 Å². The van der Waals surface area contributed by atoms with E-state index in [1.807, 2.05) is 18.2 Å². The van der Waals surface area contributed by atoms with Gasteiger partial charge in [0.25, 0.3) is 11.5 Å². The first kappa shape index (κ1) is 26.3. The molecular weight excluding hydrogens is 534 g/mol. The average Bonchev–Trinajstić information content (AvgIpc) is 2.96. The van der Waals surface area contributed by atoms with Crippen LogP contribution in [0.2, 0.25) is 5.02 Å². The highest BCUT2D eigenvalue weighted by atomic mass is 35.5. The van der Waals surface area contributed by atoms with Crippen LogP contribution in [-0.4, -0.2) is 33.3 Å². The summed E-state index contributed by atoms with van der Waals surface area (Å²) in [6.45, 7) is -0.499. The van der Waals surface area contributed by atoms with Crippen LogP contribution in [-0.2, 0) is 4.79 Å². The number of halogens is 1. The van der Waals surface area contributed by atoms with Gasteiger partial charge in [0.05, 0.1) is 27.1 Å². The van der Waals surface area contributed by atoms with Crippen molar-refractivity contribution in [1.29, 1.82) is 0 Å².